The number of rotatable bonds is 4. The Hall–Kier alpha value is -1.52. The first-order chi connectivity index (χ1) is 8.11. The molecule has 1 heterocycles. The number of nitrogens with zero attached hydrogens (tertiary/aromatic N) is 1. The van der Waals surface area contributed by atoms with E-state index in [-0.39, 0.29) is 5.91 Å². The number of carbonyl (C=O) groups excluding carboxylic acids is 1. The van der Waals surface area contributed by atoms with Crippen LogP contribution in [-0.2, 0) is 6.42 Å². The Kier molecular flexibility index (Phi) is 3.36. The third-order valence-electron chi connectivity index (χ3n) is 3.31. The smallest absolute Gasteiger partial charge is 0.274 e. The highest BCUT2D eigenvalue weighted by atomic mass is 16.2. The Bertz CT molecular complexity index is 407. The third-order valence-corrected chi connectivity index (χ3v) is 3.31. The van der Waals surface area contributed by atoms with Crippen molar-refractivity contribution in [2.24, 2.45) is 5.92 Å². The molecule has 0 aromatic carbocycles. The summed E-state index contributed by atoms with van der Waals surface area (Å²) < 4.78 is 0. The average molecular weight is 236 g/mol. The van der Waals surface area contributed by atoms with Gasteiger partial charge in [0.05, 0.1) is 11.4 Å². The number of carbonyl (C=O) groups is 1. The second-order valence-electron chi connectivity index (χ2n) is 4.96. The molecule has 0 saturated heterocycles. The molecule has 0 radical (unpaired) electrons. The number of aryl methyl sites for hydroxylation is 1. The van der Waals surface area contributed by atoms with Gasteiger partial charge in [-0.2, -0.15) is 5.10 Å². The number of nitrogen functional groups attached to an aromatic ring is 1. The largest absolute Gasteiger partial charge is 0.395 e. The van der Waals surface area contributed by atoms with Gasteiger partial charge in [0.1, 0.15) is 0 Å². The molecule has 1 fully saturated rings. The predicted molar refractivity (Wildman–Crippen MR) is 66.6 cm³/mol. The molecule has 1 aliphatic rings. The van der Waals surface area contributed by atoms with Crippen LogP contribution >= 0.6 is 0 Å². The van der Waals surface area contributed by atoms with E-state index >= 15 is 0 Å². The summed E-state index contributed by atoms with van der Waals surface area (Å²) in [7, 11) is 0. The second kappa shape index (κ2) is 4.77. The summed E-state index contributed by atoms with van der Waals surface area (Å²) in [5.41, 5.74) is 7.60. The lowest BCUT2D eigenvalue weighted by Gasteiger charge is -2.32. The monoisotopic (exact) mass is 236 g/mol. The lowest BCUT2D eigenvalue weighted by molar-refractivity contribution is 0.0892. The molecule has 1 aromatic rings. The van der Waals surface area contributed by atoms with Gasteiger partial charge in [-0.25, -0.2) is 0 Å². The Morgan fingerprint density at radius 2 is 2.29 bits per heavy atom. The molecule has 0 aliphatic heterocycles. The van der Waals surface area contributed by atoms with Crippen LogP contribution in [0.1, 0.15) is 49.3 Å². The molecule has 2 rings (SSSR count). The van der Waals surface area contributed by atoms with Gasteiger partial charge in [0.25, 0.3) is 5.91 Å². The van der Waals surface area contributed by atoms with E-state index < -0.39 is 0 Å². The molecule has 1 amide bonds. The zero-order chi connectivity index (χ0) is 12.4. The van der Waals surface area contributed by atoms with Crippen LogP contribution in [0.25, 0.3) is 0 Å². The number of anilines is 1. The first-order valence-electron chi connectivity index (χ1n) is 6.25. The highest BCUT2D eigenvalue weighted by Gasteiger charge is 2.28. The van der Waals surface area contributed by atoms with Crippen molar-refractivity contribution in [3.05, 3.63) is 11.4 Å². The minimum absolute atomic E-state index is 0.155. The molecule has 0 bridgehead atoms. The normalized spacial score (nSPS) is 23.2. The zero-order valence-electron chi connectivity index (χ0n) is 10.4. The van der Waals surface area contributed by atoms with Gasteiger partial charge in [-0.1, -0.05) is 20.3 Å². The fraction of sp³-hybridized carbons (Fsp3) is 0.667. The van der Waals surface area contributed by atoms with Gasteiger partial charge >= 0.3 is 0 Å². The molecule has 4 N–H and O–H groups in total. The van der Waals surface area contributed by atoms with Crippen molar-refractivity contribution < 1.29 is 4.79 Å². The summed E-state index contributed by atoms with van der Waals surface area (Å²) in [6.07, 6.45) is 3.91. The Morgan fingerprint density at radius 3 is 2.88 bits per heavy atom. The Balaban J connectivity index is 1.99. The average Bonchev–Trinajstić information content (AvgIpc) is 2.59. The number of aromatic amines is 1. The molecule has 0 unspecified atom stereocenters. The van der Waals surface area contributed by atoms with Gasteiger partial charge in [-0.15, -0.1) is 0 Å². The first kappa shape index (κ1) is 12.0. The second-order valence-corrected chi connectivity index (χ2v) is 4.96. The fourth-order valence-electron chi connectivity index (χ4n) is 2.27. The molecular weight excluding hydrogens is 216 g/mol. The van der Waals surface area contributed by atoms with Gasteiger partial charge in [-0.3, -0.25) is 9.89 Å². The van der Waals surface area contributed by atoms with Crippen LogP contribution < -0.4 is 11.1 Å². The van der Waals surface area contributed by atoms with Crippen LogP contribution in [0.5, 0.6) is 0 Å². The number of nitrogens with two attached hydrogens (primary N) is 1. The third kappa shape index (κ3) is 2.43. The van der Waals surface area contributed by atoms with E-state index in [1.807, 2.05) is 0 Å². The van der Waals surface area contributed by atoms with Crippen molar-refractivity contribution in [3.63, 3.8) is 0 Å². The fourth-order valence-corrected chi connectivity index (χ4v) is 2.27. The lowest BCUT2D eigenvalue weighted by atomic mass is 9.82. The summed E-state index contributed by atoms with van der Waals surface area (Å²) in [5.74, 6) is 0.561. The zero-order valence-corrected chi connectivity index (χ0v) is 10.4. The standard InChI is InChI=1S/C12H20N4O/c1-3-4-9-10(13)11(16-15-9)12(17)14-8-5-7(2)6-8/h7-8H,3-6,13H2,1-2H3,(H,14,17)(H,15,16). The van der Waals surface area contributed by atoms with Crippen molar-refractivity contribution >= 4 is 11.6 Å². The minimum atomic E-state index is -0.155. The molecule has 5 heteroatoms. The number of hydrogen-bond donors (Lipinski definition) is 3. The summed E-state index contributed by atoms with van der Waals surface area (Å²) in [5, 5.41) is 9.80. The predicted octanol–water partition coefficient (Wildman–Crippen LogP) is 1.47. The number of aromatic nitrogens is 2. The van der Waals surface area contributed by atoms with Crippen molar-refractivity contribution in [1.29, 1.82) is 0 Å². The highest BCUT2D eigenvalue weighted by molar-refractivity contribution is 5.97. The summed E-state index contributed by atoms with van der Waals surface area (Å²) in [6.45, 7) is 4.25. The quantitative estimate of drug-likeness (QED) is 0.740. The molecule has 1 aromatic heterocycles. The van der Waals surface area contributed by atoms with Crippen LogP contribution in [0.2, 0.25) is 0 Å². The lowest BCUT2D eigenvalue weighted by Crippen LogP contribution is -2.43. The van der Waals surface area contributed by atoms with Crippen LogP contribution in [0.4, 0.5) is 5.69 Å². The van der Waals surface area contributed by atoms with E-state index in [0.29, 0.717) is 23.3 Å². The summed E-state index contributed by atoms with van der Waals surface area (Å²) in [4.78, 5) is 11.9. The molecule has 17 heavy (non-hydrogen) atoms. The number of H-pyrrole nitrogens is 1. The van der Waals surface area contributed by atoms with E-state index in [1.54, 1.807) is 0 Å². The van der Waals surface area contributed by atoms with Crippen molar-refractivity contribution in [3.8, 4) is 0 Å². The van der Waals surface area contributed by atoms with Crippen LogP contribution in [0.15, 0.2) is 0 Å². The van der Waals surface area contributed by atoms with Gasteiger partial charge in [-0.05, 0) is 25.2 Å². The molecule has 0 spiro atoms. The number of nitrogens with one attached hydrogen (secondary N) is 2. The molecule has 5 nitrogen and oxygen atoms in total. The molecule has 1 saturated carbocycles. The van der Waals surface area contributed by atoms with Gasteiger partial charge < -0.3 is 11.1 Å². The van der Waals surface area contributed by atoms with E-state index in [9.17, 15) is 4.79 Å². The van der Waals surface area contributed by atoms with Crippen LogP contribution in [0.3, 0.4) is 0 Å². The minimum Gasteiger partial charge on any atom is -0.395 e. The van der Waals surface area contributed by atoms with Gasteiger partial charge in [0, 0.05) is 6.04 Å². The van der Waals surface area contributed by atoms with Gasteiger partial charge in [0.2, 0.25) is 0 Å². The number of hydrogen-bond acceptors (Lipinski definition) is 3. The SMILES string of the molecule is CCCc1[nH]nc(C(=O)NC2CC(C)C2)c1N. The van der Waals surface area contributed by atoms with E-state index in [4.69, 9.17) is 5.73 Å². The van der Waals surface area contributed by atoms with Crippen molar-refractivity contribution in [2.45, 2.75) is 45.6 Å². The van der Waals surface area contributed by atoms with Crippen LogP contribution in [-0.4, -0.2) is 22.1 Å². The molecule has 94 valence electrons. The Labute approximate surface area is 101 Å². The Morgan fingerprint density at radius 1 is 1.59 bits per heavy atom. The summed E-state index contributed by atoms with van der Waals surface area (Å²) in [6, 6.07) is 0.295. The van der Waals surface area contributed by atoms with Crippen molar-refractivity contribution in [1.82, 2.24) is 15.5 Å². The van der Waals surface area contributed by atoms with E-state index in [0.717, 1.165) is 31.4 Å². The topological polar surface area (TPSA) is 83.8 Å². The van der Waals surface area contributed by atoms with Crippen LogP contribution in [0, 0.1) is 5.92 Å². The molecule has 0 atom stereocenters. The maximum atomic E-state index is 11.9. The molecular formula is C12H20N4O. The maximum Gasteiger partial charge on any atom is 0.274 e. The first-order valence-corrected chi connectivity index (χ1v) is 6.25. The highest BCUT2D eigenvalue weighted by Crippen LogP contribution is 2.26. The molecule has 1 aliphatic carbocycles. The summed E-state index contributed by atoms with van der Waals surface area (Å²) >= 11 is 0. The maximum absolute atomic E-state index is 11.9. The van der Waals surface area contributed by atoms with Gasteiger partial charge in [0.15, 0.2) is 5.69 Å². The number of amides is 1. The van der Waals surface area contributed by atoms with Crippen molar-refractivity contribution in [2.75, 3.05) is 5.73 Å². The van der Waals surface area contributed by atoms with E-state index in [1.165, 1.54) is 0 Å². The van der Waals surface area contributed by atoms with E-state index in [2.05, 4.69) is 29.4 Å².